The lowest BCUT2D eigenvalue weighted by atomic mass is 10.2. The van der Waals surface area contributed by atoms with Crippen LogP contribution in [0.1, 0.15) is 5.56 Å². The SMILES string of the molecule is CN(N=CC=Cc1ccccc1)c1ccccn1. The topological polar surface area (TPSA) is 28.5 Å². The van der Waals surface area contributed by atoms with Crippen molar-refractivity contribution in [3.05, 3.63) is 66.4 Å². The Morgan fingerprint density at radius 3 is 2.56 bits per heavy atom. The summed E-state index contributed by atoms with van der Waals surface area (Å²) in [5.74, 6) is 0.821. The third-order valence-corrected chi connectivity index (χ3v) is 2.40. The summed E-state index contributed by atoms with van der Waals surface area (Å²) in [7, 11) is 1.87. The van der Waals surface area contributed by atoms with Crippen molar-refractivity contribution in [1.82, 2.24) is 4.98 Å². The fourth-order valence-electron chi connectivity index (χ4n) is 1.46. The summed E-state index contributed by atoms with van der Waals surface area (Å²) in [6, 6.07) is 15.9. The first-order valence-corrected chi connectivity index (χ1v) is 5.77. The first-order chi connectivity index (χ1) is 8.86. The van der Waals surface area contributed by atoms with Crippen LogP contribution < -0.4 is 5.01 Å². The Labute approximate surface area is 107 Å². The van der Waals surface area contributed by atoms with Gasteiger partial charge in [0, 0.05) is 19.5 Å². The molecule has 1 aromatic heterocycles. The standard InChI is InChI=1S/C15H15N3/c1-18(15-11-5-6-12-16-15)17-13-7-10-14-8-3-2-4-9-14/h2-13H,1H3. The van der Waals surface area contributed by atoms with Gasteiger partial charge in [-0.15, -0.1) is 0 Å². The predicted molar refractivity (Wildman–Crippen MR) is 76.6 cm³/mol. The van der Waals surface area contributed by atoms with Crippen molar-refractivity contribution >= 4 is 18.1 Å². The molecule has 0 saturated carbocycles. The Morgan fingerprint density at radius 1 is 1.06 bits per heavy atom. The molecule has 0 aliphatic carbocycles. The van der Waals surface area contributed by atoms with E-state index < -0.39 is 0 Å². The number of aromatic nitrogens is 1. The summed E-state index contributed by atoms with van der Waals surface area (Å²) >= 11 is 0. The molecule has 1 heterocycles. The zero-order valence-electron chi connectivity index (χ0n) is 10.3. The number of benzene rings is 1. The lowest BCUT2D eigenvalue weighted by Gasteiger charge is -2.09. The van der Waals surface area contributed by atoms with Crippen LogP contribution in [-0.4, -0.2) is 18.2 Å². The summed E-state index contributed by atoms with van der Waals surface area (Å²) in [6.45, 7) is 0. The van der Waals surface area contributed by atoms with Gasteiger partial charge in [-0.25, -0.2) is 4.98 Å². The van der Waals surface area contributed by atoms with Gasteiger partial charge in [0.1, 0.15) is 5.82 Å². The van der Waals surface area contributed by atoms with E-state index in [1.807, 2.05) is 67.7 Å². The smallest absolute Gasteiger partial charge is 0.148 e. The lowest BCUT2D eigenvalue weighted by molar-refractivity contribution is 0.984. The molecule has 3 nitrogen and oxygen atoms in total. The van der Waals surface area contributed by atoms with Crippen LogP contribution >= 0.6 is 0 Å². The number of nitrogens with zero attached hydrogens (tertiary/aromatic N) is 3. The van der Waals surface area contributed by atoms with Gasteiger partial charge in [0.2, 0.25) is 0 Å². The number of rotatable bonds is 4. The van der Waals surface area contributed by atoms with E-state index in [9.17, 15) is 0 Å². The first kappa shape index (κ1) is 12.0. The number of pyridine rings is 1. The Hall–Kier alpha value is -2.42. The molecule has 3 heteroatoms. The minimum atomic E-state index is 0.821. The maximum Gasteiger partial charge on any atom is 0.148 e. The molecule has 18 heavy (non-hydrogen) atoms. The second-order valence-corrected chi connectivity index (χ2v) is 3.75. The van der Waals surface area contributed by atoms with Crippen molar-refractivity contribution in [3.8, 4) is 0 Å². The Balaban J connectivity index is 1.94. The molecule has 0 spiro atoms. The van der Waals surface area contributed by atoms with Crippen LogP contribution in [0.15, 0.2) is 65.9 Å². The largest absolute Gasteiger partial charge is 0.251 e. The van der Waals surface area contributed by atoms with Crippen LogP contribution in [0.3, 0.4) is 0 Å². The Kier molecular flexibility index (Phi) is 4.25. The van der Waals surface area contributed by atoms with E-state index >= 15 is 0 Å². The fraction of sp³-hybridized carbons (Fsp3) is 0.0667. The highest BCUT2D eigenvalue weighted by atomic mass is 15.5. The molecule has 0 unspecified atom stereocenters. The van der Waals surface area contributed by atoms with Crippen LogP contribution in [0.25, 0.3) is 6.08 Å². The van der Waals surface area contributed by atoms with Crippen molar-refractivity contribution in [2.24, 2.45) is 5.10 Å². The fourth-order valence-corrected chi connectivity index (χ4v) is 1.46. The second kappa shape index (κ2) is 6.35. The molecule has 0 aliphatic heterocycles. The van der Waals surface area contributed by atoms with E-state index in [2.05, 4.69) is 10.1 Å². The molecule has 0 radical (unpaired) electrons. The highest BCUT2D eigenvalue weighted by molar-refractivity contribution is 5.78. The van der Waals surface area contributed by atoms with Crippen LogP contribution in [0.4, 0.5) is 5.82 Å². The molecule has 0 atom stereocenters. The summed E-state index contributed by atoms with van der Waals surface area (Å²) in [5, 5.41) is 6.00. The van der Waals surface area contributed by atoms with Crippen LogP contribution in [0.2, 0.25) is 0 Å². The Bertz CT molecular complexity index is 518. The Morgan fingerprint density at radius 2 is 1.83 bits per heavy atom. The third kappa shape index (κ3) is 3.56. The molecule has 0 bridgehead atoms. The summed E-state index contributed by atoms with van der Waals surface area (Å²) < 4.78 is 0. The first-order valence-electron chi connectivity index (χ1n) is 5.77. The van der Waals surface area contributed by atoms with Gasteiger partial charge in [-0.1, -0.05) is 42.5 Å². The van der Waals surface area contributed by atoms with Gasteiger partial charge in [0.05, 0.1) is 0 Å². The third-order valence-electron chi connectivity index (χ3n) is 2.40. The van der Waals surface area contributed by atoms with E-state index in [1.54, 1.807) is 17.4 Å². The van der Waals surface area contributed by atoms with Gasteiger partial charge in [0.25, 0.3) is 0 Å². The number of allylic oxidation sites excluding steroid dienone is 1. The van der Waals surface area contributed by atoms with E-state index in [-0.39, 0.29) is 0 Å². The van der Waals surface area contributed by atoms with Crippen LogP contribution in [0, 0.1) is 0 Å². The molecular weight excluding hydrogens is 222 g/mol. The van der Waals surface area contributed by atoms with Gasteiger partial charge in [0.15, 0.2) is 0 Å². The van der Waals surface area contributed by atoms with Gasteiger partial charge in [-0.2, -0.15) is 5.10 Å². The minimum absolute atomic E-state index is 0.821. The zero-order valence-corrected chi connectivity index (χ0v) is 10.3. The monoisotopic (exact) mass is 237 g/mol. The highest BCUT2D eigenvalue weighted by Crippen LogP contribution is 2.06. The summed E-state index contributed by atoms with van der Waals surface area (Å²) in [5.41, 5.74) is 1.16. The maximum absolute atomic E-state index is 4.27. The number of anilines is 1. The van der Waals surface area contributed by atoms with Gasteiger partial charge >= 0.3 is 0 Å². The summed E-state index contributed by atoms with van der Waals surface area (Å²) in [6.07, 6.45) is 7.42. The molecule has 0 saturated heterocycles. The van der Waals surface area contributed by atoms with Gasteiger partial charge < -0.3 is 0 Å². The van der Waals surface area contributed by atoms with Crippen molar-refractivity contribution in [2.75, 3.05) is 12.1 Å². The molecule has 1 aromatic carbocycles. The average molecular weight is 237 g/mol. The average Bonchev–Trinajstić information content (AvgIpc) is 2.45. The number of hydrogen-bond acceptors (Lipinski definition) is 3. The van der Waals surface area contributed by atoms with E-state index in [4.69, 9.17) is 0 Å². The van der Waals surface area contributed by atoms with E-state index in [0.717, 1.165) is 11.4 Å². The molecule has 0 fully saturated rings. The molecule has 0 amide bonds. The normalized spacial score (nSPS) is 11.2. The minimum Gasteiger partial charge on any atom is -0.251 e. The molecule has 0 N–H and O–H groups in total. The molecule has 0 aliphatic rings. The van der Waals surface area contributed by atoms with Crippen molar-refractivity contribution in [1.29, 1.82) is 0 Å². The quantitative estimate of drug-likeness (QED) is 0.603. The van der Waals surface area contributed by atoms with E-state index in [1.165, 1.54) is 0 Å². The highest BCUT2D eigenvalue weighted by Gasteiger charge is 1.95. The molecule has 90 valence electrons. The predicted octanol–water partition coefficient (Wildman–Crippen LogP) is 3.22. The maximum atomic E-state index is 4.27. The number of hydrogen-bond donors (Lipinski definition) is 0. The van der Waals surface area contributed by atoms with Gasteiger partial charge in [-0.3, -0.25) is 5.01 Å². The van der Waals surface area contributed by atoms with Crippen molar-refractivity contribution < 1.29 is 0 Å². The zero-order chi connectivity index (χ0) is 12.6. The lowest BCUT2D eigenvalue weighted by Crippen LogP contribution is -2.09. The van der Waals surface area contributed by atoms with Gasteiger partial charge in [-0.05, 0) is 23.8 Å². The molecular formula is C15H15N3. The molecule has 2 rings (SSSR count). The number of hydrazone groups is 1. The second-order valence-electron chi connectivity index (χ2n) is 3.75. The van der Waals surface area contributed by atoms with Crippen molar-refractivity contribution in [3.63, 3.8) is 0 Å². The molecule has 2 aromatic rings. The van der Waals surface area contributed by atoms with Crippen molar-refractivity contribution in [2.45, 2.75) is 0 Å². The summed E-state index contributed by atoms with van der Waals surface area (Å²) in [4.78, 5) is 4.20. The van der Waals surface area contributed by atoms with Crippen LogP contribution in [0.5, 0.6) is 0 Å². The van der Waals surface area contributed by atoms with Crippen LogP contribution in [-0.2, 0) is 0 Å². The van der Waals surface area contributed by atoms with E-state index in [0.29, 0.717) is 0 Å².